The second-order valence-electron chi connectivity index (χ2n) is 5.07. The normalized spacial score (nSPS) is 17.3. The molecule has 1 fully saturated rings. The number of hydrogen-bond acceptors (Lipinski definition) is 4. The van der Waals surface area contributed by atoms with Gasteiger partial charge < -0.3 is 19.9 Å². The highest BCUT2D eigenvalue weighted by molar-refractivity contribution is 5.58. The fourth-order valence-corrected chi connectivity index (χ4v) is 3.15. The minimum absolute atomic E-state index is 0.0187. The Hall–Kier alpha value is -1.42. The molecule has 0 saturated heterocycles. The first-order valence-electron chi connectivity index (χ1n) is 6.72. The number of methoxy groups -OCH3 is 3. The van der Waals surface area contributed by atoms with Crippen LogP contribution in [0, 0.1) is 0 Å². The molecule has 1 aliphatic carbocycles. The van der Waals surface area contributed by atoms with E-state index < -0.39 is 0 Å². The lowest BCUT2D eigenvalue weighted by molar-refractivity contribution is 0.313. The van der Waals surface area contributed by atoms with Crippen molar-refractivity contribution in [3.8, 4) is 17.2 Å². The highest BCUT2D eigenvalue weighted by Crippen LogP contribution is 2.49. The van der Waals surface area contributed by atoms with E-state index in [0.29, 0.717) is 18.0 Å². The Bertz CT molecular complexity index is 439. The average Bonchev–Trinajstić information content (AvgIpc) is 2.95. The van der Waals surface area contributed by atoms with E-state index >= 15 is 0 Å². The third-order valence-corrected chi connectivity index (χ3v) is 4.23. The van der Waals surface area contributed by atoms with E-state index in [-0.39, 0.29) is 5.41 Å². The van der Waals surface area contributed by atoms with Gasteiger partial charge in [-0.3, -0.25) is 0 Å². The highest BCUT2D eigenvalue weighted by Gasteiger charge is 2.38. The van der Waals surface area contributed by atoms with Crippen LogP contribution in [0.1, 0.15) is 31.2 Å². The molecular formula is C15H23NO3. The number of nitrogens with two attached hydrogens (primary N) is 1. The van der Waals surface area contributed by atoms with Crippen LogP contribution in [-0.2, 0) is 5.41 Å². The minimum atomic E-state index is 0.0187. The van der Waals surface area contributed by atoms with Crippen LogP contribution in [0.2, 0.25) is 0 Å². The molecule has 1 aromatic carbocycles. The van der Waals surface area contributed by atoms with Crippen molar-refractivity contribution in [1.29, 1.82) is 0 Å². The van der Waals surface area contributed by atoms with Gasteiger partial charge in [-0.1, -0.05) is 18.9 Å². The zero-order valence-electron chi connectivity index (χ0n) is 12.0. The zero-order chi connectivity index (χ0) is 13.9. The topological polar surface area (TPSA) is 53.7 Å². The molecule has 0 unspecified atom stereocenters. The van der Waals surface area contributed by atoms with E-state index in [4.69, 9.17) is 19.9 Å². The summed E-state index contributed by atoms with van der Waals surface area (Å²) in [5, 5.41) is 0. The van der Waals surface area contributed by atoms with Crippen LogP contribution in [0.5, 0.6) is 17.2 Å². The molecule has 2 rings (SSSR count). The molecule has 4 nitrogen and oxygen atoms in total. The maximum Gasteiger partial charge on any atom is 0.203 e. The van der Waals surface area contributed by atoms with Gasteiger partial charge in [-0.05, 0) is 18.9 Å². The van der Waals surface area contributed by atoms with Gasteiger partial charge in [-0.25, -0.2) is 0 Å². The van der Waals surface area contributed by atoms with Gasteiger partial charge in [0.2, 0.25) is 5.75 Å². The summed E-state index contributed by atoms with van der Waals surface area (Å²) < 4.78 is 16.4. The van der Waals surface area contributed by atoms with Gasteiger partial charge in [0.25, 0.3) is 0 Å². The Morgan fingerprint density at radius 2 is 1.63 bits per heavy atom. The van der Waals surface area contributed by atoms with Crippen LogP contribution in [0.4, 0.5) is 0 Å². The lowest BCUT2D eigenvalue weighted by atomic mass is 9.78. The first-order valence-corrected chi connectivity index (χ1v) is 6.72. The molecule has 106 valence electrons. The van der Waals surface area contributed by atoms with Gasteiger partial charge >= 0.3 is 0 Å². The lowest BCUT2D eigenvalue weighted by Crippen LogP contribution is -2.32. The van der Waals surface area contributed by atoms with Crippen molar-refractivity contribution in [3.63, 3.8) is 0 Å². The maximum absolute atomic E-state index is 6.06. The number of benzene rings is 1. The van der Waals surface area contributed by atoms with Gasteiger partial charge in [0.15, 0.2) is 11.5 Å². The van der Waals surface area contributed by atoms with Crippen LogP contribution >= 0.6 is 0 Å². The molecule has 0 spiro atoms. The van der Waals surface area contributed by atoms with Gasteiger partial charge in [-0.15, -0.1) is 0 Å². The minimum Gasteiger partial charge on any atom is -0.493 e. The third kappa shape index (κ3) is 2.25. The van der Waals surface area contributed by atoms with Crippen LogP contribution in [0.3, 0.4) is 0 Å². The Morgan fingerprint density at radius 3 is 2.11 bits per heavy atom. The van der Waals surface area contributed by atoms with Gasteiger partial charge in [0.1, 0.15) is 0 Å². The smallest absolute Gasteiger partial charge is 0.203 e. The SMILES string of the molecule is COc1ccc(C2(CN)CCCC2)c(OC)c1OC. The summed E-state index contributed by atoms with van der Waals surface area (Å²) in [7, 11) is 4.93. The average molecular weight is 265 g/mol. The fourth-order valence-electron chi connectivity index (χ4n) is 3.15. The van der Waals surface area contributed by atoms with Crippen molar-refractivity contribution in [3.05, 3.63) is 17.7 Å². The Labute approximate surface area is 114 Å². The molecule has 1 aliphatic rings. The number of rotatable bonds is 5. The molecule has 0 amide bonds. The van der Waals surface area contributed by atoms with Gasteiger partial charge in [0.05, 0.1) is 21.3 Å². The van der Waals surface area contributed by atoms with Crippen molar-refractivity contribution < 1.29 is 14.2 Å². The van der Waals surface area contributed by atoms with E-state index in [0.717, 1.165) is 24.2 Å². The molecule has 0 bridgehead atoms. The van der Waals surface area contributed by atoms with Crippen molar-refractivity contribution >= 4 is 0 Å². The first kappa shape index (κ1) is 14.0. The predicted molar refractivity (Wildman–Crippen MR) is 75.3 cm³/mol. The van der Waals surface area contributed by atoms with Crippen molar-refractivity contribution in [2.24, 2.45) is 5.73 Å². The summed E-state index contributed by atoms with van der Waals surface area (Å²) in [6.45, 7) is 0.638. The molecule has 0 atom stereocenters. The summed E-state index contributed by atoms with van der Waals surface area (Å²) in [4.78, 5) is 0. The Morgan fingerprint density at radius 1 is 1.00 bits per heavy atom. The zero-order valence-corrected chi connectivity index (χ0v) is 12.0. The van der Waals surface area contributed by atoms with Crippen LogP contribution in [0.15, 0.2) is 12.1 Å². The number of ether oxygens (including phenoxy) is 3. The summed E-state index contributed by atoms with van der Waals surface area (Å²) in [6.07, 6.45) is 4.65. The second kappa shape index (κ2) is 5.70. The molecule has 0 aliphatic heterocycles. The van der Waals surface area contributed by atoms with Gasteiger partial charge in [-0.2, -0.15) is 0 Å². The van der Waals surface area contributed by atoms with Crippen molar-refractivity contribution in [2.45, 2.75) is 31.1 Å². The standard InChI is InChI=1S/C15H23NO3/c1-17-12-7-6-11(13(18-2)14(12)19-3)15(10-16)8-4-5-9-15/h6-7H,4-5,8-10,16H2,1-3H3. The van der Waals surface area contributed by atoms with E-state index in [1.165, 1.54) is 12.8 Å². The molecule has 19 heavy (non-hydrogen) atoms. The summed E-state index contributed by atoms with van der Waals surface area (Å²) in [5.74, 6) is 2.10. The Balaban J connectivity index is 2.57. The van der Waals surface area contributed by atoms with Gasteiger partial charge in [0, 0.05) is 17.5 Å². The molecule has 0 radical (unpaired) electrons. The Kier molecular flexibility index (Phi) is 4.20. The first-order chi connectivity index (χ1) is 9.22. The second-order valence-corrected chi connectivity index (χ2v) is 5.07. The summed E-state index contributed by atoms with van der Waals surface area (Å²) >= 11 is 0. The van der Waals surface area contributed by atoms with E-state index in [2.05, 4.69) is 6.07 Å². The maximum atomic E-state index is 6.06. The quantitative estimate of drug-likeness (QED) is 0.888. The summed E-state index contributed by atoms with van der Waals surface area (Å²) in [5.41, 5.74) is 7.22. The summed E-state index contributed by atoms with van der Waals surface area (Å²) in [6, 6.07) is 4.00. The van der Waals surface area contributed by atoms with Crippen LogP contribution < -0.4 is 19.9 Å². The van der Waals surface area contributed by atoms with Crippen LogP contribution in [-0.4, -0.2) is 27.9 Å². The van der Waals surface area contributed by atoms with Crippen molar-refractivity contribution in [1.82, 2.24) is 0 Å². The third-order valence-electron chi connectivity index (χ3n) is 4.23. The number of hydrogen-bond donors (Lipinski definition) is 1. The molecule has 2 N–H and O–H groups in total. The molecular weight excluding hydrogens is 242 g/mol. The largest absolute Gasteiger partial charge is 0.493 e. The monoisotopic (exact) mass is 265 g/mol. The van der Waals surface area contributed by atoms with Crippen molar-refractivity contribution in [2.75, 3.05) is 27.9 Å². The van der Waals surface area contributed by atoms with E-state index in [9.17, 15) is 0 Å². The molecule has 0 heterocycles. The van der Waals surface area contributed by atoms with E-state index in [1.807, 2.05) is 6.07 Å². The molecule has 1 aromatic rings. The highest BCUT2D eigenvalue weighted by atomic mass is 16.5. The molecule has 0 aromatic heterocycles. The fraction of sp³-hybridized carbons (Fsp3) is 0.600. The van der Waals surface area contributed by atoms with Crippen LogP contribution in [0.25, 0.3) is 0 Å². The lowest BCUT2D eigenvalue weighted by Gasteiger charge is -2.30. The van der Waals surface area contributed by atoms with E-state index in [1.54, 1.807) is 21.3 Å². The predicted octanol–water partition coefficient (Wildman–Crippen LogP) is 2.48. The molecule has 4 heteroatoms. The molecule has 1 saturated carbocycles.